The Balaban J connectivity index is 1.77. The minimum absolute atomic E-state index is 0.224. The van der Waals surface area contributed by atoms with Crippen LogP contribution in [0.1, 0.15) is 41.7 Å². The van der Waals surface area contributed by atoms with Crippen molar-refractivity contribution in [3.8, 4) is 11.8 Å². The average molecular weight is 295 g/mol. The Labute approximate surface area is 128 Å². The van der Waals surface area contributed by atoms with Crippen LogP contribution in [0.25, 0.3) is 5.69 Å². The van der Waals surface area contributed by atoms with Gasteiger partial charge in [0.15, 0.2) is 5.69 Å². The zero-order chi connectivity index (χ0) is 15.6. The van der Waals surface area contributed by atoms with Crippen molar-refractivity contribution in [1.82, 2.24) is 20.3 Å². The molecule has 2 aromatic rings. The van der Waals surface area contributed by atoms with E-state index in [0.717, 1.165) is 24.1 Å². The summed E-state index contributed by atoms with van der Waals surface area (Å²) in [5.41, 5.74) is 1.47. The highest BCUT2D eigenvalue weighted by Crippen LogP contribution is 2.29. The molecule has 0 saturated heterocycles. The normalized spacial score (nSPS) is 16.2. The van der Waals surface area contributed by atoms with Crippen molar-refractivity contribution in [3.05, 3.63) is 41.7 Å². The van der Waals surface area contributed by atoms with Gasteiger partial charge in [-0.2, -0.15) is 5.26 Å². The molecule has 0 aliphatic heterocycles. The third kappa shape index (κ3) is 2.70. The Hall–Kier alpha value is -2.68. The van der Waals surface area contributed by atoms with Gasteiger partial charge in [0.05, 0.1) is 18.0 Å². The molecule has 6 nitrogen and oxygen atoms in total. The highest BCUT2D eigenvalue weighted by Gasteiger charge is 2.36. The van der Waals surface area contributed by atoms with Gasteiger partial charge in [0.1, 0.15) is 5.54 Å². The molecular formula is C16H17N5O. The molecule has 1 fully saturated rings. The molecule has 1 heterocycles. The smallest absolute Gasteiger partial charge is 0.274 e. The van der Waals surface area contributed by atoms with Crippen LogP contribution in [0.4, 0.5) is 0 Å². The summed E-state index contributed by atoms with van der Waals surface area (Å²) < 4.78 is 1.56. The second kappa shape index (κ2) is 5.60. The summed E-state index contributed by atoms with van der Waals surface area (Å²) >= 11 is 0. The van der Waals surface area contributed by atoms with E-state index in [9.17, 15) is 10.1 Å². The van der Waals surface area contributed by atoms with Crippen LogP contribution in [0.15, 0.2) is 30.5 Å². The molecule has 6 heteroatoms. The first-order valence-electron chi connectivity index (χ1n) is 7.35. The molecule has 0 atom stereocenters. The summed E-state index contributed by atoms with van der Waals surface area (Å²) in [6.07, 6.45) is 4.90. The molecule has 1 aromatic heterocycles. The van der Waals surface area contributed by atoms with Crippen LogP contribution in [0.2, 0.25) is 0 Å². The molecule has 1 aliphatic carbocycles. The molecule has 1 N–H and O–H groups in total. The van der Waals surface area contributed by atoms with Crippen molar-refractivity contribution in [2.45, 2.75) is 38.1 Å². The van der Waals surface area contributed by atoms with E-state index < -0.39 is 5.54 Å². The van der Waals surface area contributed by atoms with Crippen molar-refractivity contribution >= 4 is 5.91 Å². The number of carbonyl (C=O) groups is 1. The van der Waals surface area contributed by atoms with Gasteiger partial charge in [-0.25, -0.2) is 4.68 Å². The van der Waals surface area contributed by atoms with Crippen LogP contribution in [-0.2, 0) is 0 Å². The second-order valence-electron chi connectivity index (χ2n) is 5.74. The van der Waals surface area contributed by atoms with Crippen LogP contribution in [0.3, 0.4) is 0 Å². The van der Waals surface area contributed by atoms with Gasteiger partial charge in [0.2, 0.25) is 0 Å². The molecule has 1 aliphatic rings. The standard InChI is InChI=1S/C16H17N5O/c1-12-4-6-13(7-5-12)21-10-14(19-20-21)15(22)18-16(11-17)8-2-3-9-16/h4-7,10H,2-3,8-9H2,1H3,(H,18,22). The summed E-state index contributed by atoms with van der Waals surface area (Å²) in [4.78, 5) is 12.3. The topological polar surface area (TPSA) is 83.6 Å². The third-order valence-corrected chi connectivity index (χ3v) is 4.05. The number of hydrogen-bond donors (Lipinski definition) is 1. The molecule has 0 spiro atoms. The van der Waals surface area contributed by atoms with E-state index in [-0.39, 0.29) is 11.6 Å². The molecular weight excluding hydrogens is 278 g/mol. The number of nitrogens with one attached hydrogen (secondary N) is 1. The first-order chi connectivity index (χ1) is 10.6. The number of hydrogen-bond acceptors (Lipinski definition) is 4. The van der Waals surface area contributed by atoms with Gasteiger partial charge < -0.3 is 5.32 Å². The SMILES string of the molecule is Cc1ccc(-n2cc(C(=O)NC3(C#N)CCCC3)nn2)cc1. The number of nitriles is 1. The van der Waals surface area contributed by atoms with Crippen molar-refractivity contribution in [1.29, 1.82) is 5.26 Å². The minimum atomic E-state index is -0.745. The lowest BCUT2D eigenvalue weighted by Gasteiger charge is -2.20. The Morgan fingerprint density at radius 1 is 1.32 bits per heavy atom. The zero-order valence-corrected chi connectivity index (χ0v) is 12.4. The van der Waals surface area contributed by atoms with Gasteiger partial charge in [0, 0.05) is 0 Å². The number of rotatable bonds is 3. The molecule has 0 radical (unpaired) electrons. The van der Waals surface area contributed by atoms with Gasteiger partial charge in [-0.1, -0.05) is 22.9 Å². The Kier molecular flexibility index (Phi) is 3.63. The van der Waals surface area contributed by atoms with E-state index in [1.807, 2.05) is 31.2 Å². The van der Waals surface area contributed by atoms with E-state index in [1.165, 1.54) is 0 Å². The maximum atomic E-state index is 12.3. The minimum Gasteiger partial charge on any atom is -0.332 e. The third-order valence-electron chi connectivity index (χ3n) is 4.05. The number of carbonyl (C=O) groups excluding carboxylic acids is 1. The van der Waals surface area contributed by atoms with E-state index >= 15 is 0 Å². The van der Waals surface area contributed by atoms with E-state index in [0.29, 0.717) is 12.8 Å². The maximum absolute atomic E-state index is 12.3. The molecule has 112 valence electrons. The van der Waals surface area contributed by atoms with Crippen LogP contribution < -0.4 is 5.32 Å². The number of amides is 1. The first kappa shape index (κ1) is 14.3. The summed E-state index contributed by atoms with van der Waals surface area (Å²) in [7, 11) is 0. The van der Waals surface area contributed by atoms with Gasteiger partial charge in [-0.3, -0.25) is 4.79 Å². The van der Waals surface area contributed by atoms with Gasteiger partial charge in [0.25, 0.3) is 5.91 Å². The van der Waals surface area contributed by atoms with Crippen LogP contribution in [0, 0.1) is 18.3 Å². The number of aromatic nitrogens is 3. The van der Waals surface area contributed by atoms with Gasteiger partial charge >= 0.3 is 0 Å². The fourth-order valence-electron chi connectivity index (χ4n) is 2.72. The van der Waals surface area contributed by atoms with Crippen molar-refractivity contribution in [3.63, 3.8) is 0 Å². The number of nitrogens with zero attached hydrogens (tertiary/aromatic N) is 4. The Bertz CT molecular complexity index is 720. The van der Waals surface area contributed by atoms with Gasteiger partial charge in [-0.05, 0) is 44.7 Å². The van der Waals surface area contributed by atoms with Crippen molar-refractivity contribution in [2.24, 2.45) is 0 Å². The predicted octanol–water partition coefficient (Wildman–Crippen LogP) is 2.14. The lowest BCUT2D eigenvalue weighted by molar-refractivity contribution is 0.0915. The van der Waals surface area contributed by atoms with Crippen molar-refractivity contribution < 1.29 is 4.79 Å². The Morgan fingerprint density at radius 2 is 2.00 bits per heavy atom. The quantitative estimate of drug-likeness (QED) is 0.940. The largest absolute Gasteiger partial charge is 0.332 e. The van der Waals surface area contributed by atoms with E-state index in [2.05, 4.69) is 21.7 Å². The van der Waals surface area contributed by atoms with Crippen LogP contribution >= 0.6 is 0 Å². The molecule has 0 unspecified atom stereocenters. The van der Waals surface area contributed by atoms with E-state index in [1.54, 1.807) is 10.9 Å². The van der Waals surface area contributed by atoms with Crippen LogP contribution in [0.5, 0.6) is 0 Å². The first-order valence-corrected chi connectivity index (χ1v) is 7.35. The predicted molar refractivity (Wildman–Crippen MR) is 80.4 cm³/mol. The highest BCUT2D eigenvalue weighted by atomic mass is 16.2. The lowest BCUT2D eigenvalue weighted by atomic mass is 10.00. The molecule has 1 aromatic carbocycles. The summed E-state index contributed by atoms with van der Waals surface area (Å²) in [5, 5.41) is 20.0. The summed E-state index contributed by atoms with van der Waals surface area (Å²) in [5.74, 6) is -0.346. The zero-order valence-electron chi connectivity index (χ0n) is 12.4. The number of aryl methyl sites for hydroxylation is 1. The monoisotopic (exact) mass is 295 g/mol. The van der Waals surface area contributed by atoms with Crippen LogP contribution in [-0.4, -0.2) is 26.4 Å². The second-order valence-corrected chi connectivity index (χ2v) is 5.74. The number of benzene rings is 1. The molecule has 0 bridgehead atoms. The molecule has 3 rings (SSSR count). The molecule has 1 saturated carbocycles. The molecule has 22 heavy (non-hydrogen) atoms. The van der Waals surface area contributed by atoms with Gasteiger partial charge in [-0.15, -0.1) is 5.10 Å². The molecule has 1 amide bonds. The van der Waals surface area contributed by atoms with E-state index in [4.69, 9.17) is 0 Å². The fourth-order valence-corrected chi connectivity index (χ4v) is 2.72. The maximum Gasteiger partial charge on any atom is 0.274 e. The average Bonchev–Trinajstić information content (AvgIpc) is 3.18. The van der Waals surface area contributed by atoms with Crippen molar-refractivity contribution in [2.75, 3.05) is 0 Å². The lowest BCUT2D eigenvalue weighted by Crippen LogP contribution is -2.45. The Morgan fingerprint density at radius 3 is 2.64 bits per heavy atom. The summed E-state index contributed by atoms with van der Waals surface area (Å²) in [6, 6.07) is 10.0. The fraction of sp³-hybridized carbons (Fsp3) is 0.375. The highest BCUT2D eigenvalue weighted by molar-refractivity contribution is 5.92. The summed E-state index contributed by atoms with van der Waals surface area (Å²) in [6.45, 7) is 2.01.